The number of hydrogen-bond donors (Lipinski definition) is 1. The third-order valence-electron chi connectivity index (χ3n) is 7.14. The Kier molecular flexibility index (Phi) is 4.94. The van der Waals surface area contributed by atoms with Gasteiger partial charge in [-0.3, -0.25) is 5.32 Å². The first-order valence-corrected chi connectivity index (χ1v) is 10.5. The molecule has 5 unspecified atom stereocenters. The molecule has 1 aliphatic heterocycles. The lowest BCUT2D eigenvalue weighted by Gasteiger charge is -2.42. The predicted molar refractivity (Wildman–Crippen MR) is 104 cm³/mol. The van der Waals surface area contributed by atoms with Crippen LogP contribution >= 0.6 is 0 Å². The fraction of sp³-hybridized carbons (Fsp3) is 0.739. The highest BCUT2D eigenvalue weighted by atomic mass is 16.5. The van der Waals surface area contributed by atoms with E-state index in [1.807, 2.05) is 0 Å². The lowest BCUT2D eigenvalue weighted by Crippen LogP contribution is -2.35. The highest BCUT2D eigenvalue weighted by Crippen LogP contribution is 2.48. The summed E-state index contributed by atoms with van der Waals surface area (Å²) in [6, 6.07) is 9.31. The first kappa shape index (κ1) is 17.5. The van der Waals surface area contributed by atoms with Gasteiger partial charge in [0.25, 0.3) is 0 Å². The van der Waals surface area contributed by atoms with E-state index in [1.54, 1.807) is 5.56 Å². The molecule has 2 heteroatoms. The largest absolute Gasteiger partial charge is 0.357 e. The highest BCUT2D eigenvalue weighted by molar-refractivity contribution is 5.28. The zero-order valence-electron chi connectivity index (χ0n) is 16.3. The van der Waals surface area contributed by atoms with Crippen LogP contribution in [0.25, 0.3) is 0 Å². The summed E-state index contributed by atoms with van der Waals surface area (Å²) in [6.45, 7) is 7.56. The SMILES string of the molecule is CCC1CCC2CC(c3ccc(C4NC(C)(C)CO4)cc3)CCC2C1. The average molecular weight is 342 g/mol. The van der Waals surface area contributed by atoms with E-state index in [0.29, 0.717) is 0 Å². The van der Waals surface area contributed by atoms with Gasteiger partial charge in [0.15, 0.2) is 0 Å². The Morgan fingerprint density at radius 2 is 1.64 bits per heavy atom. The maximum absolute atomic E-state index is 5.92. The Labute approximate surface area is 153 Å². The molecule has 25 heavy (non-hydrogen) atoms. The van der Waals surface area contributed by atoms with E-state index in [9.17, 15) is 0 Å². The molecule has 4 rings (SSSR count). The Hall–Kier alpha value is -0.860. The Morgan fingerprint density at radius 1 is 0.960 bits per heavy atom. The summed E-state index contributed by atoms with van der Waals surface area (Å²) in [5.41, 5.74) is 2.91. The van der Waals surface area contributed by atoms with Crippen molar-refractivity contribution >= 4 is 0 Å². The normalized spacial score (nSPS) is 37.6. The van der Waals surface area contributed by atoms with Gasteiger partial charge in [0.1, 0.15) is 6.23 Å². The summed E-state index contributed by atoms with van der Waals surface area (Å²) >= 11 is 0. The second-order valence-electron chi connectivity index (χ2n) is 9.50. The third kappa shape index (κ3) is 3.80. The zero-order chi connectivity index (χ0) is 17.4. The molecule has 0 amide bonds. The minimum atomic E-state index is 0.0594. The lowest BCUT2D eigenvalue weighted by atomic mass is 9.63. The van der Waals surface area contributed by atoms with E-state index in [4.69, 9.17) is 4.74 Å². The number of benzene rings is 1. The van der Waals surface area contributed by atoms with Crippen molar-refractivity contribution in [1.82, 2.24) is 5.32 Å². The van der Waals surface area contributed by atoms with Gasteiger partial charge in [-0.25, -0.2) is 0 Å². The molecule has 1 aromatic rings. The fourth-order valence-corrected chi connectivity index (χ4v) is 5.51. The maximum Gasteiger partial charge on any atom is 0.134 e. The summed E-state index contributed by atoms with van der Waals surface area (Å²) < 4.78 is 5.92. The Morgan fingerprint density at radius 3 is 2.32 bits per heavy atom. The van der Waals surface area contributed by atoms with Crippen LogP contribution in [0, 0.1) is 17.8 Å². The van der Waals surface area contributed by atoms with Gasteiger partial charge in [-0.05, 0) is 80.8 Å². The van der Waals surface area contributed by atoms with Crippen molar-refractivity contribution in [3.05, 3.63) is 35.4 Å². The van der Waals surface area contributed by atoms with Crippen LogP contribution in [0.5, 0.6) is 0 Å². The molecule has 1 saturated heterocycles. The molecule has 3 fully saturated rings. The van der Waals surface area contributed by atoms with Crippen molar-refractivity contribution in [1.29, 1.82) is 0 Å². The molecule has 1 N–H and O–H groups in total. The summed E-state index contributed by atoms with van der Waals surface area (Å²) in [5, 5.41) is 3.57. The van der Waals surface area contributed by atoms with Crippen LogP contribution in [0.1, 0.15) is 89.0 Å². The van der Waals surface area contributed by atoms with Gasteiger partial charge in [-0.2, -0.15) is 0 Å². The molecule has 0 spiro atoms. The van der Waals surface area contributed by atoms with Gasteiger partial charge in [0.2, 0.25) is 0 Å². The first-order chi connectivity index (χ1) is 12.0. The van der Waals surface area contributed by atoms with Gasteiger partial charge in [-0.15, -0.1) is 0 Å². The van der Waals surface area contributed by atoms with Gasteiger partial charge in [0, 0.05) is 5.54 Å². The smallest absolute Gasteiger partial charge is 0.134 e. The van der Waals surface area contributed by atoms with Crippen molar-refractivity contribution < 1.29 is 4.74 Å². The topological polar surface area (TPSA) is 21.3 Å². The highest BCUT2D eigenvalue weighted by Gasteiger charge is 2.36. The predicted octanol–water partition coefficient (Wildman–Crippen LogP) is 5.79. The fourth-order valence-electron chi connectivity index (χ4n) is 5.51. The standard InChI is InChI=1S/C23H35NO/c1-4-16-5-6-21-14-20(12-11-19(21)13-16)17-7-9-18(10-8-17)22-24-23(2,3)15-25-22/h7-10,16,19-22,24H,4-6,11-15H2,1-3H3. The maximum atomic E-state index is 5.92. The van der Waals surface area contributed by atoms with Gasteiger partial charge < -0.3 is 4.74 Å². The van der Waals surface area contributed by atoms with Gasteiger partial charge in [-0.1, -0.05) is 44.0 Å². The van der Waals surface area contributed by atoms with Gasteiger partial charge >= 0.3 is 0 Å². The molecular weight excluding hydrogens is 306 g/mol. The van der Waals surface area contributed by atoms with Crippen LogP contribution in [0.15, 0.2) is 24.3 Å². The summed E-state index contributed by atoms with van der Waals surface area (Å²) in [4.78, 5) is 0. The average Bonchev–Trinajstić information content (AvgIpc) is 3.01. The first-order valence-electron chi connectivity index (χ1n) is 10.5. The van der Waals surface area contributed by atoms with Crippen LogP contribution in [-0.2, 0) is 4.74 Å². The molecule has 138 valence electrons. The molecule has 0 aromatic heterocycles. The quantitative estimate of drug-likeness (QED) is 0.751. The monoisotopic (exact) mass is 341 g/mol. The van der Waals surface area contributed by atoms with Crippen molar-refractivity contribution in [3.63, 3.8) is 0 Å². The molecular formula is C23H35NO. The van der Waals surface area contributed by atoms with Crippen LogP contribution in [0.2, 0.25) is 0 Å². The molecule has 0 radical (unpaired) electrons. The molecule has 1 heterocycles. The Balaban J connectivity index is 1.38. The minimum absolute atomic E-state index is 0.0594. The molecule has 1 aromatic carbocycles. The van der Waals surface area contributed by atoms with Crippen molar-refractivity contribution in [2.45, 2.75) is 83.4 Å². The third-order valence-corrected chi connectivity index (χ3v) is 7.14. The van der Waals surface area contributed by atoms with E-state index < -0.39 is 0 Å². The van der Waals surface area contributed by atoms with Crippen molar-refractivity contribution in [3.8, 4) is 0 Å². The number of nitrogens with one attached hydrogen (secondary N) is 1. The number of hydrogen-bond acceptors (Lipinski definition) is 2. The molecule has 5 atom stereocenters. The van der Waals surface area contributed by atoms with Crippen LogP contribution in [-0.4, -0.2) is 12.1 Å². The summed E-state index contributed by atoms with van der Waals surface area (Å²) in [5.74, 6) is 3.80. The minimum Gasteiger partial charge on any atom is -0.357 e. The summed E-state index contributed by atoms with van der Waals surface area (Å²) in [7, 11) is 0. The van der Waals surface area contributed by atoms with E-state index >= 15 is 0 Å². The Bertz CT molecular complexity index is 578. The summed E-state index contributed by atoms with van der Waals surface area (Å²) in [6.07, 6.45) is 10.2. The lowest BCUT2D eigenvalue weighted by molar-refractivity contribution is 0.0988. The van der Waals surface area contributed by atoms with Crippen LogP contribution in [0.4, 0.5) is 0 Å². The molecule has 3 aliphatic rings. The van der Waals surface area contributed by atoms with Crippen molar-refractivity contribution in [2.75, 3.05) is 6.61 Å². The van der Waals surface area contributed by atoms with E-state index in [-0.39, 0.29) is 11.8 Å². The van der Waals surface area contributed by atoms with E-state index in [1.165, 1.54) is 50.5 Å². The van der Waals surface area contributed by atoms with Crippen LogP contribution in [0.3, 0.4) is 0 Å². The molecule has 2 nitrogen and oxygen atoms in total. The molecule has 0 bridgehead atoms. The van der Waals surface area contributed by atoms with E-state index in [0.717, 1.165) is 30.3 Å². The zero-order valence-corrected chi connectivity index (χ0v) is 16.3. The number of fused-ring (bicyclic) bond motifs is 1. The van der Waals surface area contributed by atoms with Gasteiger partial charge in [0.05, 0.1) is 6.61 Å². The second-order valence-corrected chi connectivity index (χ2v) is 9.50. The number of ether oxygens (including phenoxy) is 1. The molecule has 2 aliphatic carbocycles. The van der Waals surface area contributed by atoms with Crippen molar-refractivity contribution in [2.24, 2.45) is 17.8 Å². The van der Waals surface area contributed by atoms with Crippen LogP contribution < -0.4 is 5.32 Å². The number of rotatable bonds is 3. The molecule has 2 saturated carbocycles. The second kappa shape index (κ2) is 7.04. The van der Waals surface area contributed by atoms with E-state index in [2.05, 4.69) is 50.4 Å².